The number of nitrogens with one attached hydrogen (secondary N) is 1. The van der Waals surface area contributed by atoms with Gasteiger partial charge in [0.1, 0.15) is 4.21 Å². The lowest BCUT2D eigenvalue weighted by Crippen LogP contribution is -2.21. The van der Waals surface area contributed by atoms with Gasteiger partial charge in [0.05, 0.1) is 5.69 Å². The quantitative estimate of drug-likeness (QED) is 0.740. The van der Waals surface area contributed by atoms with Gasteiger partial charge in [0.15, 0.2) is 0 Å². The maximum atomic E-state index is 12.3. The Hall–Kier alpha value is -1.48. The van der Waals surface area contributed by atoms with Gasteiger partial charge >= 0.3 is 0 Å². The molecule has 0 bridgehead atoms. The van der Waals surface area contributed by atoms with Crippen LogP contribution >= 0.6 is 22.7 Å². The molecule has 0 aromatic carbocycles. The van der Waals surface area contributed by atoms with Crippen molar-refractivity contribution in [3.63, 3.8) is 0 Å². The van der Waals surface area contributed by atoms with E-state index in [0.717, 1.165) is 22.7 Å². The van der Waals surface area contributed by atoms with Crippen molar-refractivity contribution < 1.29 is 8.42 Å². The van der Waals surface area contributed by atoms with E-state index >= 15 is 0 Å². The van der Waals surface area contributed by atoms with Crippen LogP contribution in [0.15, 0.2) is 45.4 Å². The fourth-order valence-electron chi connectivity index (χ4n) is 2.07. The van der Waals surface area contributed by atoms with Crippen molar-refractivity contribution >= 4 is 32.7 Å². The zero-order chi connectivity index (χ0) is 15.6. The molecule has 0 amide bonds. The molecule has 0 aliphatic heterocycles. The van der Waals surface area contributed by atoms with Gasteiger partial charge in [0, 0.05) is 35.1 Å². The van der Waals surface area contributed by atoms with E-state index in [1.165, 1.54) is 22.7 Å². The Morgan fingerprint density at radius 2 is 2.18 bits per heavy atom. The summed E-state index contributed by atoms with van der Waals surface area (Å²) in [6.07, 6.45) is 1.72. The summed E-state index contributed by atoms with van der Waals surface area (Å²) < 4.78 is 29.5. The molecule has 0 unspecified atom stereocenters. The van der Waals surface area contributed by atoms with Gasteiger partial charge in [-0.1, -0.05) is 6.07 Å². The molecule has 5 nitrogen and oxygen atoms in total. The van der Waals surface area contributed by atoms with Gasteiger partial charge in [-0.2, -0.15) is 5.10 Å². The molecule has 8 heteroatoms. The largest absolute Gasteiger partial charge is 0.265 e. The van der Waals surface area contributed by atoms with E-state index in [2.05, 4.69) is 9.82 Å². The normalized spacial score (nSPS) is 11.9. The maximum Gasteiger partial charge on any atom is 0.250 e. The second-order valence-electron chi connectivity index (χ2n) is 4.59. The Labute approximate surface area is 137 Å². The van der Waals surface area contributed by atoms with Crippen LogP contribution in [0.25, 0.3) is 11.3 Å². The predicted octanol–water partition coefficient (Wildman–Crippen LogP) is 3.17. The third kappa shape index (κ3) is 3.14. The highest BCUT2D eigenvalue weighted by Crippen LogP contribution is 2.28. The lowest BCUT2D eigenvalue weighted by atomic mass is 10.2. The van der Waals surface area contributed by atoms with Crippen LogP contribution in [0, 0.1) is 0 Å². The van der Waals surface area contributed by atoms with Gasteiger partial charge in [-0.3, -0.25) is 4.68 Å². The molecular formula is C14H15N3O2S3. The molecular weight excluding hydrogens is 338 g/mol. The third-order valence-electron chi connectivity index (χ3n) is 3.17. The van der Waals surface area contributed by atoms with Crippen LogP contribution in [-0.4, -0.2) is 18.2 Å². The summed E-state index contributed by atoms with van der Waals surface area (Å²) in [4.78, 5) is 0.990. The van der Waals surface area contributed by atoms with Gasteiger partial charge in [-0.25, -0.2) is 13.1 Å². The fourth-order valence-corrected chi connectivity index (χ4v) is 5.03. The Balaban J connectivity index is 1.80. The van der Waals surface area contributed by atoms with Crippen molar-refractivity contribution in [2.75, 3.05) is 0 Å². The number of hydrogen-bond donors (Lipinski definition) is 1. The second-order valence-corrected chi connectivity index (χ2v) is 8.53. The van der Waals surface area contributed by atoms with E-state index in [9.17, 15) is 8.42 Å². The summed E-state index contributed by atoms with van der Waals surface area (Å²) >= 11 is 2.75. The van der Waals surface area contributed by atoms with Gasteiger partial charge in [0.2, 0.25) is 10.0 Å². The minimum atomic E-state index is -3.48. The smallest absolute Gasteiger partial charge is 0.250 e. The number of thiophene rings is 2. The molecule has 0 spiro atoms. The first-order valence-electron chi connectivity index (χ1n) is 6.73. The van der Waals surface area contributed by atoms with E-state index in [0.29, 0.717) is 10.8 Å². The van der Waals surface area contributed by atoms with Gasteiger partial charge in [-0.15, -0.1) is 22.7 Å². The van der Waals surface area contributed by atoms with Gasteiger partial charge in [-0.05, 0) is 30.5 Å². The lowest BCUT2D eigenvalue weighted by Gasteiger charge is -2.03. The Bertz CT molecular complexity index is 848. The molecule has 0 radical (unpaired) electrons. The second kappa shape index (κ2) is 6.33. The van der Waals surface area contributed by atoms with Crippen LogP contribution < -0.4 is 4.72 Å². The Morgan fingerprint density at radius 3 is 2.91 bits per heavy atom. The number of nitrogens with zero attached hydrogens (tertiary/aromatic N) is 2. The van der Waals surface area contributed by atoms with Crippen LogP contribution in [0.5, 0.6) is 0 Å². The summed E-state index contributed by atoms with van der Waals surface area (Å²) in [5.41, 5.74) is 1.80. The number of aryl methyl sites for hydroxylation is 1. The van der Waals surface area contributed by atoms with Crippen molar-refractivity contribution in [1.29, 1.82) is 0 Å². The van der Waals surface area contributed by atoms with E-state index in [1.54, 1.807) is 12.3 Å². The van der Waals surface area contributed by atoms with E-state index in [-0.39, 0.29) is 0 Å². The summed E-state index contributed by atoms with van der Waals surface area (Å²) in [7, 11) is -3.48. The van der Waals surface area contributed by atoms with Crippen molar-refractivity contribution in [3.8, 4) is 11.3 Å². The molecule has 3 heterocycles. The number of rotatable bonds is 6. The number of hydrogen-bond acceptors (Lipinski definition) is 5. The first kappa shape index (κ1) is 15.4. The van der Waals surface area contributed by atoms with E-state index in [1.807, 2.05) is 40.6 Å². The zero-order valence-corrected chi connectivity index (χ0v) is 14.3. The fraction of sp³-hybridized carbons (Fsp3) is 0.214. The van der Waals surface area contributed by atoms with Crippen LogP contribution in [0.2, 0.25) is 0 Å². The summed E-state index contributed by atoms with van der Waals surface area (Å²) in [5.74, 6) is 0. The third-order valence-corrected chi connectivity index (χ3v) is 6.89. The van der Waals surface area contributed by atoms with Crippen molar-refractivity contribution in [3.05, 3.63) is 46.1 Å². The van der Waals surface area contributed by atoms with Crippen LogP contribution in [-0.2, 0) is 23.1 Å². The first-order valence-corrected chi connectivity index (χ1v) is 9.97. The topological polar surface area (TPSA) is 64.0 Å². The summed E-state index contributed by atoms with van der Waals surface area (Å²) in [6, 6.07) is 7.40. The standard InChI is InChI=1S/C14H15N3O2S3/c1-2-17-13(5-6-15-17)11-8-14(21-10-11)22(18,19)16-9-12-4-3-7-20-12/h3-8,10,16H,2,9H2,1H3. The predicted molar refractivity (Wildman–Crippen MR) is 89.6 cm³/mol. The highest BCUT2D eigenvalue weighted by atomic mass is 32.2. The molecule has 0 aliphatic carbocycles. The van der Waals surface area contributed by atoms with Crippen molar-refractivity contribution in [2.24, 2.45) is 0 Å². The Morgan fingerprint density at radius 1 is 1.32 bits per heavy atom. The van der Waals surface area contributed by atoms with Crippen molar-refractivity contribution in [2.45, 2.75) is 24.2 Å². The SMILES string of the molecule is CCn1nccc1-c1csc(S(=O)(=O)NCc2cccs2)c1. The van der Waals surface area contributed by atoms with E-state index < -0.39 is 10.0 Å². The van der Waals surface area contributed by atoms with Gasteiger partial charge in [0.25, 0.3) is 0 Å². The highest BCUT2D eigenvalue weighted by molar-refractivity contribution is 7.91. The monoisotopic (exact) mass is 353 g/mol. The molecule has 0 saturated carbocycles. The molecule has 0 aliphatic rings. The minimum Gasteiger partial charge on any atom is -0.265 e. The number of aromatic nitrogens is 2. The van der Waals surface area contributed by atoms with Crippen molar-refractivity contribution in [1.82, 2.24) is 14.5 Å². The molecule has 0 saturated heterocycles. The zero-order valence-electron chi connectivity index (χ0n) is 11.9. The lowest BCUT2D eigenvalue weighted by molar-refractivity contribution is 0.584. The highest BCUT2D eigenvalue weighted by Gasteiger charge is 2.18. The van der Waals surface area contributed by atoms with Crippen LogP contribution in [0.3, 0.4) is 0 Å². The average molecular weight is 353 g/mol. The molecule has 1 N–H and O–H groups in total. The van der Waals surface area contributed by atoms with Crippen LogP contribution in [0.1, 0.15) is 11.8 Å². The Kier molecular flexibility index (Phi) is 4.44. The minimum absolute atomic E-state index is 0.320. The molecule has 0 fully saturated rings. The van der Waals surface area contributed by atoms with Crippen LogP contribution in [0.4, 0.5) is 0 Å². The van der Waals surface area contributed by atoms with Gasteiger partial charge < -0.3 is 0 Å². The molecule has 3 aromatic rings. The summed E-state index contributed by atoms with van der Waals surface area (Å²) in [5, 5.41) is 7.99. The van der Waals surface area contributed by atoms with E-state index in [4.69, 9.17) is 0 Å². The molecule has 22 heavy (non-hydrogen) atoms. The molecule has 116 valence electrons. The molecule has 0 atom stereocenters. The first-order chi connectivity index (χ1) is 10.6. The molecule has 3 aromatic heterocycles. The maximum absolute atomic E-state index is 12.3. The average Bonchev–Trinajstić information content (AvgIpc) is 3.23. The summed E-state index contributed by atoms with van der Waals surface area (Å²) in [6.45, 7) is 3.07. The number of sulfonamides is 1. The molecule has 3 rings (SSSR count).